The lowest BCUT2D eigenvalue weighted by molar-refractivity contribution is 4.13. The highest BCUT2D eigenvalue weighted by atomic mass is 80.0. The van der Waals surface area contributed by atoms with Gasteiger partial charge in [0, 0.05) is 8.55 Å². The van der Waals surface area contributed by atoms with Crippen LogP contribution in [0, 0.1) is 0 Å². The summed E-state index contributed by atoms with van der Waals surface area (Å²) in [4.78, 5) is 0. The molecule has 0 unspecified atom stereocenters. The Balaban J connectivity index is 3.17. The Labute approximate surface area is 67.0 Å². The molecule has 0 aromatic heterocycles. The predicted molar refractivity (Wildman–Crippen MR) is 51.0 cm³/mol. The minimum atomic E-state index is -0.993. The van der Waals surface area contributed by atoms with Crippen molar-refractivity contribution in [3.8, 4) is 0 Å². The van der Waals surface area contributed by atoms with Gasteiger partial charge in [-0.3, -0.25) is 0 Å². The van der Waals surface area contributed by atoms with Crippen molar-refractivity contribution in [2.45, 2.75) is 0 Å². The fourth-order valence-corrected chi connectivity index (χ4v) is 0. The minimum Gasteiger partial charge on any atom is -0.101 e. The summed E-state index contributed by atoms with van der Waals surface area (Å²) in [6, 6.07) is 0. The molecule has 0 rings (SSSR count). The van der Waals surface area contributed by atoms with E-state index in [-0.39, 0.29) is 8.55 Å². The molecule has 0 nitrogen and oxygen atoms in total. The van der Waals surface area contributed by atoms with Gasteiger partial charge in [0.25, 0.3) is 0 Å². The summed E-state index contributed by atoms with van der Waals surface area (Å²) in [6.07, 6.45) is 0. The van der Waals surface area contributed by atoms with Gasteiger partial charge in [0.15, 0.2) is 0 Å². The van der Waals surface area contributed by atoms with Gasteiger partial charge in [0.2, 0.25) is 3.45 Å². The van der Waals surface area contributed by atoms with Gasteiger partial charge in [0.1, 0.15) is 0 Å². The van der Waals surface area contributed by atoms with Crippen molar-refractivity contribution in [1.82, 2.24) is 0 Å². The Bertz CT molecular complexity index is 35.8. The Morgan fingerprint density at radius 2 is 1.50 bits per heavy atom. The van der Waals surface area contributed by atoms with Gasteiger partial charge >= 0.3 is 0 Å². The molecule has 0 atom stereocenters. The van der Waals surface area contributed by atoms with Crippen molar-refractivity contribution in [3.05, 3.63) is 0 Å². The van der Waals surface area contributed by atoms with E-state index in [9.17, 15) is 0 Å². The van der Waals surface area contributed by atoms with Gasteiger partial charge in [-0.05, 0) is 9.76 Å². The zero-order valence-corrected chi connectivity index (χ0v) is 12.5. The summed E-state index contributed by atoms with van der Waals surface area (Å²) in [6.45, 7) is 0. The molecule has 0 aliphatic heterocycles. The maximum atomic E-state index is 3.55. The lowest BCUT2D eigenvalue weighted by atomic mass is 26.7. The summed E-state index contributed by atoms with van der Waals surface area (Å²) in [7, 11) is 1.69. The quantitative estimate of drug-likeness (QED) is 0.471. The fourth-order valence-electron chi connectivity index (χ4n) is 0. The van der Waals surface area contributed by atoms with Crippen molar-refractivity contribution >= 4 is 67.6 Å². The molecule has 38 valence electrons. The smallest absolute Gasteiger partial charge is 0.101 e. The molecule has 0 saturated carbocycles. The minimum absolute atomic E-state index is 0.280. The second-order valence-electron chi connectivity index (χ2n) is 0.969. The number of hydrogen-bond acceptors (Lipinski definition) is 0. The van der Waals surface area contributed by atoms with Crippen LogP contribution < -0.4 is 0 Å². The third-order valence-corrected chi connectivity index (χ3v) is 56.2. The van der Waals surface area contributed by atoms with Gasteiger partial charge in [-0.15, -0.1) is 45.9 Å². The first kappa shape index (κ1) is 8.09. The van der Waals surface area contributed by atoms with Crippen LogP contribution in [0.2, 0.25) is 0 Å². The summed E-state index contributed by atoms with van der Waals surface area (Å²) in [5, 5.41) is 0. The Hall–Kier alpha value is 2.09. The van der Waals surface area contributed by atoms with Crippen LogP contribution in [-0.4, -0.2) is 21.8 Å². The van der Waals surface area contributed by atoms with Crippen molar-refractivity contribution in [1.29, 1.82) is 0 Å². The highest BCUT2D eigenvalue weighted by Gasteiger charge is 2.17. The Morgan fingerprint density at radius 1 is 1.33 bits per heavy atom. The molecule has 0 aromatic carbocycles. The van der Waals surface area contributed by atoms with Crippen molar-refractivity contribution in [3.63, 3.8) is 0 Å². The largest absolute Gasteiger partial charge is 0.244 e. The van der Waals surface area contributed by atoms with Crippen molar-refractivity contribution < 1.29 is 0 Å². The molecule has 6 heteroatoms. The molecule has 6 heavy (non-hydrogen) atoms. The van der Waals surface area contributed by atoms with Crippen LogP contribution in [0.4, 0.5) is 0 Å². The SMILES string of the molecule is [SiH3][SiH2][Si](Br)(Br)Br. The fraction of sp³-hybridized carbons (Fsp3) is 0. The van der Waals surface area contributed by atoms with Crippen LogP contribution >= 0.6 is 45.9 Å². The molecule has 0 fully saturated rings. The van der Waals surface area contributed by atoms with E-state index in [1.165, 1.54) is 9.76 Å². The molecule has 0 amide bonds. The van der Waals surface area contributed by atoms with Crippen molar-refractivity contribution in [2.75, 3.05) is 0 Å². The number of rotatable bonds is 1. The van der Waals surface area contributed by atoms with Gasteiger partial charge in [-0.2, -0.15) is 0 Å². The predicted octanol–water partition coefficient (Wildman–Crippen LogP) is 0.0559. The van der Waals surface area contributed by atoms with E-state index in [1.54, 1.807) is 0 Å². The topological polar surface area (TPSA) is 0 Å². The monoisotopic (exact) mass is 326 g/mol. The first-order valence-electron chi connectivity index (χ1n) is 1.63. The van der Waals surface area contributed by atoms with Gasteiger partial charge in [-0.1, -0.05) is 0 Å². The molecule has 0 N–H and O–H groups in total. The molecule has 0 saturated heterocycles. The zero-order chi connectivity index (χ0) is 5.21. The second-order valence-corrected chi connectivity index (χ2v) is 45.7. The molecule has 0 aliphatic carbocycles. The number of halogens is 3. The van der Waals surface area contributed by atoms with E-state index in [1.807, 2.05) is 0 Å². The summed E-state index contributed by atoms with van der Waals surface area (Å²) in [5.74, 6) is 0. The van der Waals surface area contributed by atoms with E-state index in [4.69, 9.17) is 0 Å². The molecule has 0 heterocycles. The number of hydrogen-bond donors (Lipinski definition) is 0. The summed E-state index contributed by atoms with van der Waals surface area (Å²) < 4.78 is -0.993. The van der Waals surface area contributed by atoms with Crippen LogP contribution in [0.5, 0.6) is 0 Å². The van der Waals surface area contributed by atoms with Gasteiger partial charge in [0.05, 0.1) is 0 Å². The van der Waals surface area contributed by atoms with E-state index in [2.05, 4.69) is 45.9 Å². The van der Waals surface area contributed by atoms with Crippen LogP contribution in [-0.2, 0) is 0 Å². The second kappa shape index (κ2) is 3.18. The Kier molecular flexibility index (Phi) is 4.29. The summed E-state index contributed by atoms with van der Waals surface area (Å²) in [5.41, 5.74) is 0. The summed E-state index contributed by atoms with van der Waals surface area (Å²) >= 11 is 10.6. The Morgan fingerprint density at radius 3 is 1.50 bits per heavy atom. The lowest BCUT2D eigenvalue weighted by Crippen LogP contribution is -2.18. The molecule has 0 aromatic rings. The van der Waals surface area contributed by atoms with E-state index < -0.39 is 3.45 Å². The molecule has 0 aliphatic rings. The average molecular weight is 329 g/mol. The maximum absolute atomic E-state index is 3.55. The molecule has 0 spiro atoms. The normalized spacial score (nSPS) is 14.5. The van der Waals surface area contributed by atoms with Gasteiger partial charge in [-0.25, -0.2) is 0 Å². The zero-order valence-electron chi connectivity index (χ0n) is 3.34. The van der Waals surface area contributed by atoms with Crippen molar-refractivity contribution in [2.24, 2.45) is 0 Å². The maximum Gasteiger partial charge on any atom is 0.244 e. The highest BCUT2D eigenvalue weighted by molar-refractivity contribution is 9.74. The average Bonchev–Trinajstić information content (AvgIpc) is 1.35. The molecule has 0 radical (unpaired) electrons. The molecular formula is H5Br3Si3. The van der Waals surface area contributed by atoms with Crippen LogP contribution in [0.25, 0.3) is 0 Å². The first-order chi connectivity index (χ1) is 2.56. The van der Waals surface area contributed by atoms with Crippen LogP contribution in [0.15, 0.2) is 0 Å². The lowest BCUT2D eigenvalue weighted by Gasteiger charge is -1.99. The first-order valence-corrected chi connectivity index (χ1v) is 18.4. The molecular weight excluding hydrogens is 324 g/mol. The van der Waals surface area contributed by atoms with E-state index in [0.29, 0.717) is 0 Å². The third kappa shape index (κ3) is 6.09. The van der Waals surface area contributed by atoms with E-state index in [0.717, 1.165) is 0 Å². The highest BCUT2D eigenvalue weighted by Crippen LogP contribution is 2.23. The van der Waals surface area contributed by atoms with Crippen LogP contribution in [0.3, 0.4) is 0 Å². The van der Waals surface area contributed by atoms with Crippen LogP contribution in [0.1, 0.15) is 0 Å². The molecule has 0 bridgehead atoms. The standard InChI is InChI=1S/Br3H5Si3/c1-6(2,3)5-4/h5H2,4H3. The third-order valence-electron chi connectivity index (χ3n) is 0.401. The van der Waals surface area contributed by atoms with E-state index >= 15 is 0 Å². The van der Waals surface area contributed by atoms with Gasteiger partial charge < -0.3 is 0 Å².